The second-order valence-corrected chi connectivity index (χ2v) is 5.01. The van der Waals surface area contributed by atoms with Crippen molar-refractivity contribution in [1.82, 2.24) is 0 Å². The van der Waals surface area contributed by atoms with Crippen LogP contribution in [0.4, 0.5) is 0 Å². The minimum atomic E-state index is -1.37. The number of nitriles is 4. The summed E-state index contributed by atoms with van der Waals surface area (Å²) in [5.41, 5.74) is 4.59. The lowest BCUT2D eigenvalue weighted by Gasteiger charge is -2.10. The minimum absolute atomic E-state index is 0.161. The van der Waals surface area contributed by atoms with Gasteiger partial charge in [-0.1, -0.05) is 29.8 Å². The summed E-state index contributed by atoms with van der Waals surface area (Å²) in [6.07, 6.45) is 0. The van der Waals surface area contributed by atoms with E-state index in [0.29, 0.717) is 10.6 Å². The van der Waals surface area contributed by atoms with Crippen molar-refractivity contribution < 1.29 is 0 Å². The Labute approximate surface area is 126 Å². The average Bonchev–Trinajstić information content (AvgIpc) is 3.17. The number of hydrogen-bond acceptors (Lipinski definition) is 5. The molecule has 0 amide bonds. The lowest BCUT2D eigenvalue weighted by atomic mass is 9.94. The topological polar surface area (TPSA) is 121 Å². The molecule has 1 aliphatic carbocycles. The first-order chi connectivity index (χ1) is 10.1. The van der Waals surface area contributed by atoms with Gasteiger partial charge in [-0.15, -0.1) is 0 Å². The Bertz CT molecular complexity index is 783. The third-order valence-corrected chi connectivity index (χ3v) is 4.05. The second-order valence-electron chi connectivity index (χ2n) is 4.60. The van der Waals surface area contributed by atoms with Gasteiger partial charge in [0.1, 0.15) is 23.1 Å². The molecule has 0 bridgehead atoms. The molecule has 1 aliphatic rings. The van der Waals surface area contributed by atoms with Gasteiger partial charge in [0.2, 0.25) is 0 Å². The van der Waals surface area contributed by atoms with Crippen LogP contribution in [0.3, 0.4) is 0 Å². The third kappa shape index (κ3) is 1.89. The van der Waals surface area contributed by atoms with Crippen LogP contribution in [-0.4, -0.2) is 0 Å². The molecule has 0 spiro atoms. The molecule has 0 aliphatic heterocycles. The zero-order chi connectivity index (χ0) is 15.6. The van der Waals surface area contributed by atoms with Crippen LogP contribution in [0.25, 0.3) is 0 Å². The van der Waals surface area contributed by atoms with Crippen LogP contribution < -0.4 is 5.73 Å². The van der Waals surface area contributed by atoms with Gasteiger partial charge in [-0.2, -0.15) is 21.0 Å². The summed E-state index contributed by atoms with van der Waals surface area (Å²) in [6.45, 7) is 0. The maximum atomic E-state index is 9.51. The van der Waals surface area contributed by atoms with E-state index in [-0.39, 0.29) is 11.3 Å². The van der Waals surface area contributed by atoms with Crippen LogP contribution in [0, 0.1) is 56.7 Å². The molecule has 2 N–H and O–H groups in total. The number of nitrogens with zero attached hydrogens (tertiary/aromatic N) is 4. The van der Waals surface area contributed by atoms with Crippen LogP contribution in [0.1, 0.15) is 11.5 Å². The molecule has 6 heteroatoms. The van der Waals surface area contributed by atoms with E-state index in [9.17, 15) is 10.5 Å². The molecule has 5 nitrogen and oxygen atoms in total. The molecule has 100 valence electrons. The van der Waals surface area contributed by atoms with Crippen LogP contribution in [0.5, 0.6) is 0 Å². The van der Waals surface area contributed by atoms with Gasteiger partial charge in [0.25, 0.3) is 0 Å². The predicted octanol–water partition coefficient (Wildman–Crippen LogP) is 2.35. The summed E-state index contributed by atoms with van der Waals surface area (Å²) in [6, 6.07) is 14.2. The minimum Gasteiger partial charge on any atom is -0.399 e. The van der Waals surface area contributed by atoms with Gasteiger partial charge in [0, 0.05) is 10.9 Å². The second kappa shape index (κ2) is 5.18. The molecule has 3 atom stereocenters. The van der Waals surface area contributed by atoms with E-state index in [0.717, 1.165) is 0 Å². The Balaban J connectivity index is 2.63. The van der Waals surface area contributed by atoms with Crippen LogP contribution >= 0.6 is 11.6 Å². The fourth-order valence-corrected chi connectivity index (χ4v) is 2.86. The first kappa shape index (κ1) is 14.4. The van der Waals surface area contributed by atoms with E-state index in [1.54, 1.807) is 36.4 Å². The van der Waals surface area contributed by atoms with Crippen molar-refractivity contribution in [3.05, 3.63) is 46.1 Å². The number of allylic oxidation sites excluding steroid dienone is 2. The van der Waals surface area contributed by atoms with Crippen LogP contribution in [-0.2, 0) is 0 Å². The normalized spacial score (nSPS) is 25.6. The Morgan fingerprint density at radius 3 is 2.24 bits per heavy atom. The van der Waals surface area contributed by atoms with Crippen molar-refractivity contribution in [3.8, 4) is 24.3 Å². The Morgan fingerprint density at radius 1 is 1.14 bits per heavy atom. The highest BCUT2D eigenvalue weighted by Gasteiger charge is 2.70. The van der Waals surface area contributed by atoms with Crippen LogP contribution in [0.15, 0.2) is 35.5 Å². The molecule has 1 saturated carbocycles. The van der Waals surface area contributed by atoms with E-state index in [2.05, 4.69) is 0 Å². The SMILES string of the molecule is N#CC(C#N)=C(N)[C@@]1(C#N)[C@H](c2ccccc2Cl)[C@@H]1C#N. The van der Waals surface area contributed by atoms with E-state index in [1.165, 1.54) is 0 Å². The van der Waals surface area contributed by atoms with Gasteiger partial charge in [-0.25, -0.2) is 0 Å². The summed E-state index contributed by atoms with van der Waals surface area (Å²) in [5.74, 6) is -1.28. The number of nitrogens with two attached hydrogens (primary N) is 1. The average molecular weight is 294 g/mol. The van der Waals surface area contributed by atoms with Crippen molar-refractivity contribution in [2.24, 2.45) is 17.1 Å². The molecule has 0 unspecified atom stereocenters. The Hall–Kier alpha value is -2.99. The molecule has 0 aromatic heterocycles. The largest absolute Gasteiger partial charge is 0.399 e. The molecule has 0 saturated heterocycles. The van der Waals surface area contributed by atoms with E-state index in [1.807, 2.05) is 12.1 Å². The van der Waals surface area contributed by atoms with E-state index < -0.39 is 17.3 Å². The maximum Gasteiger partial charge on any atom is 0.150 e. The predicted molar refractivity (Wildman–Crippen MR) is 73.8 cm³/mol. The first-order valence-electron chi connectivity index (χ1n) is 5.94. The zero-order valence-electron chi connectivity index (χ0n) is 10.7. The molecule has 2 rings (SSSR count). The molecular formula is C15H8ClN5. The third-order valence-electron chi connectivity index (χ3n) is 3.71. The quantitative estimate of drug-likeness (QED) is 0.839. The summed E-state index contributed by atoms with van der Waals surface area (Å²) in [7, 11) is 0. The summed E-state index contributed by atoms with van der Waals surface area (Å²) >= 11 is 6.11. The number of rotatable bonds is 2. The van der Waals surface area contributed by atoms with Gasteiger partial charge < -0.3 is 5.73 Å². The highest BCUT2D eigenvalue weighted by molar-refractivity contribution is 6.31. The first-order valence-corrected chi connectivity index (χ1v) is 6.32. The lowest BCUT2D eigenvalue weighted by molar-refractivity contribution is 0.719. The number of hydrogen-bond donors (Lipinski definition) is 1. The van der Waals surface area contributed by atoms with Gasteiger partial charge >= 0.3 is 0 Å². The van der Waals surface area contributed by atoms with E-state index in [4.69, 9.17) is 27.9 Å². The molecule has 0 heterocycles. The molecule has 1 aromatic rings. The molecule has 21 heavy (non-hydrogen) atoms. The smallest absolute Gasteiger partial charge is 0.150 e. The Morgan fingerprint density at radius 2 is 1.76 bits per heavy atom. The molecule has 1 aromatic carbocycles. The van der Waals surface area contributed by atoms with Gasteiger partial charge in [-0.3, -0.25) is 0 Å². The monoisotopic (exact) mass is 293 g/mol. The molecule has 0 radical (unpaired) electrons. The lowest BCUT2D eigenvalue weighted by Crippen LogP contribution is -2.17. The standard InChI is InChI=1S/C15H8ClN5/c16-12-4-2-1-3-10(12)13-11(7-19)15(13,8-20)14(21)9(5-17)6-18/h1-4,11,13H,21H2/t11-,13+,15+/m0/s1. The fourth-order valence-electron chi connectivity index (χ4n) is 2.60. The fraction of sp³-hybridized carbons (Fsp3) is 0.200. The van der Waals surface area contributed by atoms with Crippen molar-refractivity contribution >= 4 is 11.6 Å². The van der Waals surface area contributed by atoms with Crippen molar-refractivity contribution in [2.75, 3.05) is 0 Å². The van der Waals surface area contributed by atoms with Gasteiger partial charge in [0.05, 0.1) is 23.8 Å². The number of halogens is 1. The van der Waals surface area contributed by atoms with E-state index >= 15 is 0 Å². The van der Waals surface area contributed by atoms with Gasteiger partial charge in [0.15, 0.2) is 0 Å². The Kier molecular flexibility index (Phi) is 3.56. The molecule has 1 fully saturated rings. The van der Waals surface area contributed by atoms with Crippen LogP contribution in [0.2, 0.25) is 5.02 Å². The summed E-state index contributed by atoms with van der Waals surface area (Å²) in [5, 5.41) is 37.1. The van der Waals surface area contributed by atoms with Crippen molar-refractivity contribution in [3.63, 3.8) is 0 Å². The van der Waals surface area contributed by atoms with Crippen molar-refractivity contribution in [1.29, 1.82) is 21.0 Å². The summed E-state index contributed by atoms with van der Waals surface area (Å²) < 4.78 is 0. The zero-order valence-corrected chi connectivity index (χ0v) is 11.5. The van der Waals surface area contributed by atoms with Crippen molar-refractivity contribution in [2.45, 2.75) is 5.92 Å². The molecular weight excluding hydrogens is 286 g/mol. The maximum absolute atomic E-state index is 9.51. The summed E-state index contributed by atoms with van der Waals surface area (Å²) in [4.78, 5) is 0. The van der Waals surface area contributed by atoms with Gasteiger partial charge in [-0.05, 0) is 11.6 Å². The number of benzene rings is 1. The highest BCUT2D eigenvalue weighted by atomic mass is 35.5. The highest BCUT2D eigenvalue weighted by Crippen LogP contribution is 2.68.